The highest BCUT2D eigenvalue weighted by molar-refractivity contribution is 9.10. The average molecular weight is 249 g/mol. The van der Waals surface area contributed by atoms with Gasteiger partial charge in [-0.2, -0.15) is 11.3 Å². The molecule has 0 aliphatic carbocycles. The van der Waals surface area contributed by atoms with Gasteiger partial charge >= 0.3 is 0 Å². The molecule has 0 aromatic carbocycles. The summed E-state index contributed by atoms with van der Waals surface area (Å²) in [6.45, 7) is 6.09. The summed E-state index contributed by atoms with van der Waals surface area (Å²) in [5.41, 5.74) is 0.899. The molecular weight excluding hydrogens is 236 g/mol. The Labute approximate surface area is 85.6 Å². The van der Waals surface area contributed by atoms with Crippen LogP contribution in [0.4, 0.5) is 0 Å². The van der Waals surface area contributed by atoms with E-state index in [1.54, 1.807) is 11.3 Å². The highest BCUT2D eigenvalue weighted by atomic mass is 79.9. The van der Waals surface area contributed by atoms with Crippen molar-refractivity contribution in [1.82, 2.24) is 0 Å². The van der Waals surface area contributed by atoms with E-state index in [1.807, 2.05) is 31.5 Å². The number of rotatable bonds is 1. The quantitative estimate of drug-likeness (QED) is 0.806. The van der Waals surface area contributed by atoms with Crippen LogP contribution in [0.1, 0.15) is 32.4 Å². The van der Waals surface area contributed by atoms with Crippen LogP contribution in [0.15, 0.2) is 15.2 Å². The topological polar surface area (TPSA) is 20.2 Å². The molecule has 1 atom stereocenters. The fourth-order valence-corrected chi connectivity index (χ4v) is 2.49. The van der Waals surface area contributed by atoms with E-state index in [0.29, 0.717) is 0 Å². The molecule has 3 heteroatoms. The van der Waals surface area contributed by atoms with E-state index in [0.717, 1.165) is 10.0 Å². The molecule has 1 nitrogen and oxygen atoms in total. The van der Waals surface area contributed by atoms with Crippen molar-refractivity contribution in [1.29, 1.82) is 0 Å². The van der Waals surface area contributed by atoms with Gasteiger partial charge < -0.3 is 5.11 Å². The second-order valence-electron chi connectivity index (χ2n) is 3.94. The van der Waals surface area contributed by atoms with E-state index in [9.17, 15) is 5.11 Å². The molecule has 68 valence electrons. The van der Waals surface area contributed by atoms with Crippen molar-refractivity contribution in [2.75, 3.05) is 0 Å². The zero-order chi connectivity index (χ0) is 9.35. The van der Waals surface area contributed by atoms with Gasteiger partial charge in [0.15, 0.2) is 0 Å². The fraction of sp³-hybridized carbons (Fsp3) is 0.556. The lowest BCUT2D eigenvalue weighted by Crippen LogP contribution is -2.17. The lowest BCUT2D eigenvalue weighted by Gasteiger charge is -2.25. The minimum absolute atomic E-state index is 0.0937. The summed E-state index contributed by atoms with van der Waals surface area (Å²) in [7, 11) is 0. The predicted molar refractivity (Wildman–Crippen MR) is 56.4 cm³/mol. The van der Waals surface area contributed by atoms with Gasteiger partial charge in [0.25, 0.3) is 0 Å². The first-order chi connectivity index (χ1) is 5.43. The van der Waals surface area contributed by atoms with E-state index in [2.05, 4.69) is 15.9 Å². The second-order valence-corrected chi connectivity index (χ2v) is 5.54. The van der Waals surface area contributed by atoms with Crippen molar-refractivity contribution >= 4 is 27.3 Å². The van der Waals surface area contributed by atoms with Crippen LogP contribution >= 0.6 is 27.3 Å². The van der Waals surface area contributed by atoms with Crippen molar-refractivity contribution in [3.8, 4) is 0 Å². The Morgan fingerprint density at radius 2 is 2.00 bits per heavy atom. The Morgan fingerprint density at radius 1 is 1.42 bits per heavy atom. The Bertz CT molecular complexity index is 262. The molecule has 0 bridgehead atoms. The largest absolute Gasteiger partial charge is 0.388 e. The maximum atomic E-state index is 9.90. The zero-order valence-corrected chi connectivity index (χ0v) is 9.87. The molecule has 1 aromatic heterocycles. The van der Waals surface area contributed by atoms with Crippen molar-refractivity contribution in [3.05, 3.63) is 20.8 Å². The molecule has 0 aliphatic rings. The number of aliphatic hydroxyl groups is 1. The summed E-state index contributed by atoms with van der Waals surface area (Å²) in [5, 5.41) is 13.9. The summed E-state index contributed by atoms with van der Waals surface area (Å²) in [5.74, 6) is 0. The van der Waals surface area contributed by atoms with Gasteiger partial charge in [-0.25, -0.2) is 0 Å². The first-order valence-electron chi connectivity index (χ1n) is 3.82. The molecule has 1 rings (SSSR count). The monoisotopic (exact) mass is 248 g/mol. The number of aliphatic hydroxyl groups excluding tert-OH is 1. The summed E-state index contributed by atoms with van der Waals surface area (Å²) < 4.78 is 1.01. The fourth-order valence-electron chi connectivity index (χ4n) is 0.953. The van der Waals surface area contributed by atoms with Crippen LogP contribution < -0.4 is 0 Å². The van der Waals surface area contributed by atoms with Gasteiger partial charge in [0, 0.05) is 15.4 Å². The Hall–Kier alpha value is 0.140. The van der Waals surface area contributed by atoms with Crippen LogP contribution in [0, 0.1) is 5.41 Å². The summed E-state index contributed by atoms with van der Waals surface area (Å²) in [6, 6.07) is 0. The van der Waals surface area contributed by atoms with E-state index in [-0.39, 0.29) is 5.41 Å². The highest BCUT2D eigenvalue weighted by Crippen LogP contribution is 2.37. The number of hydrogen-bond donors (Lipinski definition) is 1. The van der Waals surface area contributed by atoms with Crippen LogP contribution in [0.5, 0.6) is 0 Å². The van der Waals surface area contributed by atoms with E-state index in [4.69, 9.17) is 0 Å². The molecular formula is C9H13BrOS. The van der Waals surface area contributed by atoms with Gasteiger partial charge in [-0.05, 0) is 26.7 Å². The molecule has 12 heavy (non-hydrogen) atoms. The van der Waals surface area contributed by atoms with Gasteiger partial charge in [0.2, 0.25) is 0 Å². The van der Waals surface area contributed by atoms with E-state index < -0.39 is 6.10 Å². The highest BCUT2D eigenvalue weighted by Gasteiger charge is 2.25. The molecule has 0 fully saturated rings. The Morgan fingerprint density at radius 3 is 2.33 bits per heavy atom. The van der Waals surface area contributed by atoms with Crippen molar-refractivity contribution in [3.63, 3.8) is 0 Å². The first-order valence-corrected chi connectivity index (χ1v) is 5.56. The van der Waals surface area contributed by atoms with Gasteiger partial charge in [-0.3, -0.25) is 0 Å². The standard InChI is InChI=1S/C9H13BrOS/c1-9(2,3)8(11)6-4-12-5-7(6)10/h4-5,8,11H,1-3H3. The molecule has 1 aromatic rings. The third kappa shape index (κ3) is 2.09. The third-order valence-corrected chi connectivity index (χ3v) is 3.51. The smallest absolute Gasteiger partial charge is 0.0857 e. The summed E-state index contributed by atoms with van der Waals surface area (Å²) in [6.07, 6.45) is -0.391. The maximum absolute atomic E-state index is 9.90. The second kappa shape index (κ2) is 3.48. The molecule has 0 spiro atoms. The van der Waals surface area contributed by atoms with Gasteiger partial charge in [0.1, 0.15) is 0 Å². The lowest BCUT2D eigenvalue weighted by molar-refractivity contribution is 0.0625. The third-order valence-electron chi connectivity index (χ3n) is 1.76. The Kier molecular flexibility index (Phi) is 2.97. The summed E-state index contributed by atoms with van der Waals surface area (Å²) >= 11 is 5.01. The van der Waals surface area contributed by atoms with Gasteiger partial charge in [0.05, 0.1) is 6.10 Å². The normalized spacial score (nSPS) is 14.8. The SMILES string of the molecule is CC(C)(C)C(O)c1cscc1Br. The molecule has 0 radical (unpaired) electrons. The van der Waals surface area contributed by atoms with E-state index in [1.165, 1.54) is 0 Å². The maximum Gasteiger partial charge on any atom is 0.0857 e. The van der Waals surface area contributed by atoms with E-state index >= 15 is 0 Å². The van der Waals surface area contributed by atoms with Crippen molar-refractivity contribution in [2.45, 2.75) is 26.9 Å². The molecule has 0 saturated heterocycles. The Balaban J connectivity index is 2.92. The minimum atomic E-state index is -0.391. The number of hydrogen-bond acceptors (Lipinski definition) is 2. The van der Waals surface area contributed by atoms with Crippen LogP contribution in [-0.2, 0) is 0 Å². The van der Waals surface area contributed by atoms with Crippen molar-refractivity contribution < 1.29 is 5.11 Å². The van der Waals surface area contributed by atoms with Crippen LogP contribution in [0.25, 0.3) is 0 Å². The van der Waals surface area contributed by atoms with Crippen LogP contribution in [0.2, 0.25) is 0 Å². The van der Waals surface area contributed by atoms with Gasteiger partial charge in [-0.15, -0.1) is 0 Å². The molecule has 0 amide bonds. The van der Waals surface area contributed by atoms with Gasteiger partial charge in [-0.1, -0.05) is 20.8 Å². The number of thiophene rings is 1. The number of halogens is 1. The van der Waals surface area contributed by atoms with Crippen LogP contribution in [0.3, 0.4) is 0 Å². The first kappa shape index (κ1) is 10.2. The zero-order valence-electron chi connectivity index (χ0n) is 7.47. The molecule has 1 unspecified atom stereocenters. The predicted octanol–water partition coefficient (Wildman–Crippen LogP) is 3.59. The minimum Gasteiger partial charge on any atom is -0.388 e. The molecule has 0 saturated carbocycles. The average Bonchev–Trinajstić information content (AvgIpc) is 2.31. The lowest BCUT2D eigenvalue weighted by atomic mass is 9.86. The molecule has 1 heterocycles. The molecule has 1 N–H and O–H groups in total. The molecule has 0 aliphatic heterocycles. The van der Waals surface area contributed by atoms with Crippen LogP contribution in [-0.4, -0.2) is 5.11 Å². The summed E-state index contributed by atoms with van der Waals surface area (Å²) in [4.78, 5) is 0. The van der Waals surface area contributed by atoms with Crippen molar-refractivity contribution in [2.24, 2.45) is 5.41 Å².